The maximum atomic E-state index is 12.2. The molecule has 0 aliphatic heterocycles. The fourth-order valence-corrected chi connectivity index (χ4v) is 4.36. The zero-order valence-electron chi connectivity index (χ0n) is 12.9. The van der Waals surface area contributed by atoms with Gasteiger partial charge in [0.15, 0.2) is 0 Å². The molecule has 114 valence electrons. The minimum absolute atomic E-state index is 0.206. The molecule has 2 N–H and O–H groups in total. The van der Waals surface area contributed by atoms with Gasteiger partial charge in [-0.25, -0.2) is 0 Å². The lowest BCUT2D eigenvalue weighted by molar-refractivity contribution is -0.149. The Morgan fingerprint density at radius 2 is 1.81 bits per heavy atom. The smallest absolute Gasteiger partial charge is 0.324 e. The Morgan fingerprint density at radius 3 is 2.24 bits per heavy atom. The molecule has 1 aromatic rings. The predicted octanol–water partition coefficient (Wildman–Crippen LogP) is 3.02. The summed E-state index contributed by atoms with van der Waals surface area (Å²) < 4.78 is 0. The number of aliphatic carboxylic acids is 1. The molecule has 2 aliphatic carbocycles. The molecule has 3 atom stereocenters. The van der Waals surface area contributed by atoms with Crippen molar-refractivity contribution in [2.45, 2.75) is 57.5 Å². The van der Waals surface area contributed by atoms with Crippen molar-refractivity contribution < 1.29 is 9.90 Å². The van der Waals surface area contributed by atoms with E-state index in [0.717, 1.165) is 32.1 Å². The van der Waals surface area contributed by atoms with Crippen molar-refractivity contribution in [3.8, 4) is 0 Å². The van der Waals surface area contributed by atoms with Crippen LogP contribution in [0, 0.1) is 11.8 Å². The number of rotatable bonds is 4. The summed E-state index contributed by atoms with van der Waals surface area (Å²) in [6.45, 7) is 4.21. The highest BCUT2D eigenvalue weighted by molar-refractivity contribution is 5.81. The van der Waals surface area contributed by atoms with Crippen molar-refractivity contribution in [1.82, 2.24) is 5.32 Å². The first-order valence-electron chi connectivity index (χ1n) is 8.15. The van der Waals surface area contributed by atoms with E-state index in [9.17, 15) is 9.90 Å². The molecule has 0 saturated heterocycles. The second kappa shape index (κ2) is 5.45. The van der Waals surface area contributed by atoms with E-state index in [1.54, 1.807) is 0 Å². The summed E-state index contributed by atoms with van der Waals surface area (Å²) in [5.74, 6) is -0.238. The van der Waals surface area contributed by atoms with Gasteiger partial charge in [-0.05, 0) is 62.0 Å². The van der Waals surface area contributed by atoms with E-state index in [1.165, 1.54) is 11.1 Å². The Hall–Kier alpha value is -1.35. The molecule has 3 heteroatoms. The molecule has 0 heterocycles. The van der Waals surface area contributed by atoms with Gasteiger partial charge < -0.3 is 5.11 Å². The van der Waals surface area contributed by atoms with Gasteiger partial charge in [-0.1, -0.05) is 31.2 Å². The molecule has 21 heavy (non-hydrogen) atoms. The third kappa shape index (κ3) is 2.28. The number of benzene rings is 1. The van der Waals surface area contributed by atoms with Crippen LogP contribution in [0.3, 0.4) is 0 Å². The number of carboxylic acid groups (broad SMARTS) is 1. The van der Waals surface area contributed by atoms with Crippen LogP contribution in [0.1, 0.15) is 44.2 Å². The molecule has 3 rings (SSSR count). The summed E-state index contributed by atoms with van der Waals surface area (Å²) in [5, 5.41) is 13.6. The number of nitrogens with one attached hydrogen (secondary N) is 1. The van der Waals surface area contributed by atoms with Crippen LogP contribution in [0.2, 0.25) is 0 Å². The molecule has 0 radical (unpaired) electrons. The van der Waals surface area contributed by atoms with Gasteiger partial charge in [0.1, 0.15) is 5.54 Å². The van der Waals surface area contributed by atoms with E-state index in [0.29, 0.717) is 0 Å². The molecule has 1 fully saturated rings. The predicted molar refractivity (Wildman–Crippen MR) is 83.3 cm³/mol. The average molecular weight is 287 g/mol. The monoisotopic (exact) mass is 287 g/mol. The van der Waals surface area contributed by atoms with Crippen LogP contribution < -0.4 is 5.32 Å². The van der Waals surface area contributed by atoms with E-state index in [-0.39, 0.29) is 17.9 Å². The Bertz CT molecular complexity index is 507. The lowest BCUT2D eigenvalue weighted by Gasteiger charge is -2.38. The van der Waals surface area contributed by atoms with Crippen LogP contribution in [0.4, 0.5) is 0 Å². The molecule has 3 nitrogen and oxygen atoms in total. The van der Waals surface area contributed by atoms with E-state index in [1.807, 2.05) is 0 Å². The molecule has 2 aliphatic rings. The van der Waals surface area contributed by atoms with E-state index < -0.39 is 11.5 Å². The summed E-state index contributed by atoms with van der Waals surface area (Å²) in [7, 11) is 0. The van der Waals surface area contributed by atoms with Crippen LogP contribution in [-0.4, -0.2) is 22.7 Å². The lowest BCUT2D eigenvalue weighted by Crippen LogP contribution is -2.61. The standard InChI is InChI=1S/C18H25NO2/c1-3-12(2)19-18(17(20)21)15-8-9-16(18)11-14-7-5-4-6-13(14)10-15/h4-7,12,15-16,19H,3,8-11H2,1-2H3,(H,20,21). The average Bonchev–Trinajstić information content (AvgIpc) is 2.71. The van der Waals surface area contributed by atoms with Crippen molar-refractivity contribution in [3.05, 3.63) is 35.4 Å². The van der Waals surface area contributed by atoms with Crippen LogP contribution in [0.25, 0.3) is 0 Å². The number of carboxylic acids is 1. The first-order valence-corrected chi connectivity index (χ1v) is 8.15. The fourth-order valence-electron chi connectivity index (χ4n) is 4.36. The first kappa shape index (κ1) is 14.6. The third-order valence-corrected chi connectivity index (χ3v) is 5.65. The van der Waals surface area contributed by atoms with Gasteiger partial charge in [-0.2, -0.15) is 0 Å². The molecule has 3 unspecified atom stereocenters. The highest BCUT2D eigenvalue weighted by Gasteiger charge is 2.57. The Balaban J connectivity index is 2.01. The van der Waals surface area contributed by atoms with Gasteiger partial charge >= 0.3 is 5.97 Å². The van der Waals surface area contributed by atoms with Gasteiger partial charge in [0, 0.05) is 6.04 Å². The highest BCUT2D eigenvalue weighted by atomic mass is 16.4. The van der Waals surface area contributed by atoms with Gasteiger partial charge in [0.05, 0.1) is 0 Å². The van der Waals surface area contributed by atoms with Gasteiger partial charge in [0.25, 0.3) is 0 Å². The van der Waals surface area contributed by atoms with Gasteiger partial charge in [-0.15, -0.1) is 0 Å². The van der Waals surface area contributed by atoms with Crippen LogP contribution >= 0.6 is 0 Å². The molecular formula is C18H25NO2. The number of hydrogen-bond acceptors (Lipinski definition) is 2. The van der Waals surface area contributed by atoms with Gasteiger partial charge in [-0.3, -0.25) is 10.1 Å². The van der Waals surface area contributed by atoms with Crippen molar-refractivity contribution in [3.63, 3.8) is 0 Å². The molecule has 0 aromatic heterocycles. The van der Waals surface area contributed by atoms with E-state index >= 15 is 0 Å². The minimum atomic E-state index is -0.742. The van der Waals surface area contributed by atoms with Crippen LogP contribution in [0.15, 0.2) is 24.3 Å². The van der Waals surface area contributed by atoms with E-state index in [4.69, 9.17) is 0 Å². The maximum Gasteiger partial charge on any atom is 0.324 e. The molecule has 1 saturated carbocycles. The number of fused-ring (bicyclic) bond motifs is 3. The molecule has 0 spiro atoms. The van der Waals surface area contributed by atoms with Crippen molar-refractivity contribution in [2.24, 2.45) is 11.8 Å². The van der Waals surface area contributed by atoms with Crippen LogP contribution in [0.5, 0.6) is 0 Å². The lowest BCUT2D eigenvalue weighted by atomic mass is 9.78. The van der Waals surface area contributed by atoms with Crippen molar-refractivity contribution in [1.29, 1.82) is 0 Å². The van der Waals surface area contributed by atoms with E-state index in [2.05, 4.69) is 43.4 Å². The Labute approximate surface area is 126 Å². The molecule has 0 amide bonds. The zero-order valence-corrected chi connectivity index (χ0v) is 12.9. The topological polar surface area (TPSA) is 49.3 Å². The molecule has 2 bridgehead atoms. The second-order valence-corrected chi connectivity index (χ2v) is 6.78. The summed E-state index contributed by atoms with van der Waals surface area (Å²) in [6, 6.07) is 8.73. The normalized spacial score (nSPS) is 32.3. The van der Waals surface area contributed by atoms with Gasteiger partial charge in [0.2, 0.25) is 0 Å². The quantitative estimate of drug-likeness (QED) is 0.895. The second-order valence-electron chi connectivity index (χ2n) is 6.78. The number of carbonyl (C=O) groups is 1. The highest BCUT2D eigenvalue weighted by Crippen LogP contribution is 2.47. The fraction of sp³-hybridized carbons (Fsp3) is 0.611. The largest absolute Gasteiger partial charge is 0.480 e. The zero-order chi connectivity index (χ0) is 15.0. The minimum Gasteiger partial charge on any atom is -0.480 e. The summed E-state index contributed by atoms with van der Waals surface area (Å²) >= 11 is 0. The SMILES string of the molecule is CCC(C)NC1(C(=O)O)C2CCC1Cc1ccccc1C2. The van der Waals surface area contributed by atoms with Crippen LogP contribution in [-0.2, 0) is 17.6 Å². The molecular weight excluding hydrogens is 262 g/mol. The number of hydrogen-bond donors (Lipinski definition) is 2. The Kier molecular flexibility index (Phi) is 3.78. The van der Waals surface area contributed by atoms with Crippen molar-refractivity contribution >= 4 is 5.97 Å². The molecule has 1 aromatic carbocycles. The van der Waals surface area contributed by atoms with Crippen molar-refractivity contribution in [2.75, 3.05) is 0 Å². The summed E-state index contributed by atoms with van der Waals surface area (Å²) in [5.41, 5.74) is 1.96. The summed E-state index contributed by atoms with van der Waals surface area (Å²) in [6.07, 6.45) is 4.79. The summed E-state index contributed by atoms with van der Waals surface area (Å²) in [4.78, 5) is 12.2. The first-order chi connectivity index (χ1) is 10.1. The third-order valence-electron chi connectivity index (χ3n) is 5.65. The Morgan fingerprint density at radius 1 is 1.29 bits per heavy atom. The maximum absolute atomic E-state index is 12.2.